The molecule has 1 amide bonds. The van der Waals surface area contributed by atoms with E-state index in [1.54, 1.807) is 0 Å². The Morgan fingerprint density at radius 3 is 3.06 bits per heavy atom. The van der Waals surface area contributed by atoms with Crippen LogP contribution in [0.3, 0.4) is 0 Å². The quantitative estimate of drug-likeness (QED) is 0.758. The van der Waals surface area contributed by atoms with Crippen molar-refractivity contribution in [3.63, 3.8) is 0 Å². The van der Waals surface area contributed by atoms with Crippen molar-refractivity contribution >= 4 is 22.4 Å². The summed E-state index contributed by atoms with van der Waals surface area (Å²) in [5, 5.41) is 12.5. The molecule has 0 saturated heterocycles. The zero-order valence-corrected chi connectivity index (χ0v) is 10.8. The van der Waals surface area contributed by atoms with E-state index in [0.717, 1.165) is 11.4 Å². The molecular weight excluding hydrogens is 238 g/mol. The van der Waals surface area contributed by atoms with Crippen LogP contribution in [-0.2, 0) is 9.53 Å². The summed E-state index contributed by atoms with van der Waals surface area (Å²) in [5.74, 6) is 0.583. The average molecular weight is 255 g/mol. The van der Waals surface area contributed by atoms with Crippen molar-refractivity contribution in [2.45, 2.75) is 38.5 Å². The van der Waals surface area contributed by atoms with E-state index in [0.29, 0.717) is 30.7 Å². The normalized spacial score (nSPS) is 14.9. The molecule has 0 unspecified atom stereocenters. The maximum Gasteiger partial charge on any atom is 0.226 e. The van der Waals surface area contributed by atoms with Crippen LogP contribution in [0, 0.1) is 0 Å². The minimum atomic E-state index is -0.0109. The molecule has 0 aliphatic heterocycles. The van der Waals surface area contributed by atoms with Crippen molar-refractivity contribution in [1.29, 1.82) is 0 Å². The minimum absolute atomic E-state index is 0.0109. The number of hydrogen-bond acceptors (Lipinski definition) is 5. The van der Waals surface area contributed by atoms with Crippen molar-refractivity contribution in [1.82, 2.24) is 10.2 Å². The zero-order valence-electron chi connectivity index (χ0n) is 9.94. The van der Waals surface area contributed by atoms with E-state index in [2.05, 4.69) is 15.5 Å². The fourth-order valence-corrected chi connectivity index (χ4v) is 2.37. The summed E-state index contributed by atoms with van der Waals surface area (Å²) >= 11 is 1.49. The van der Waals surface area contributed by atoms with Gasteiger partial charge in [-0.1, -0.05) is 11.3 Å². The first-order chi connectivity index (χ1) is 8.29. The molecule has 0 radical (unpaired) electrons. The van der Waals surface area contributed by atoms with Crippen LogP contribution in [0.2, 0.25) is 0 Å². The standard InChI is InChI=1S/C11H17N3O2S/c1-2-16-7-3-4-9(15)12-11-14-13-10(17-11)8-5-6-8/h8H,2-7H2,1H3,(H,12,14,15). The maximum atomic E-state index is 11.5. The van der Waals surface area contributed by atoms with Crippen molar-refractivity contribution in [3.8, 4) is 0 Å². The molecular formula is C11H17N3O2S. The summed E-state index contributed by atoms with van der Waals surface area (Å²) in [6.07, 6.45) is 3.63. The summed E-state index contributed by atoms with van der Waals surface area (Å²) in [4.78, 5) is 11.5. The monoisotopic (exact) mass is 255 g/mol. The van der Waals surface area contributed by atoms with Crippen molar-refractivity contribution in [3.05, 3.63) is 5.01 Å². The fraction of sp³-hybridized carbons (Fsp3) is 0.727. The van der Waals surface area contributed by atoms with Crippen LogP contribution in [-0.4, -0.2) is 29.3 Å². The summed E-state index contributed by atoms with van der Waals surface area (Å²) in [6, 6.07) is 0. The minimum Gasteiger partial charge on any atom is -0.382 e. The first kappa shape index (κ1) is 12.4. The van der Waals surface area contributed by atoms with Crippen LogP contribution < -0.4 is 5.32 Å². The SMILES string of the molecule is CCOCCCC(=O)Nc1nnc(C2CC2)s1. The summed E-state index contributed by atoms with van der Waals surface area (Å²) < 4.78 is 5.17. The molecule has 0 spiro atoms. The highest BCUT2D eigenvalue weighted by Crippen LogP contribution is 2.41. The van der Waals surface area contributed by atoms with E-state index < -0.39 is 0 Å². The molecule has 5 nitrogen and oxygen atoms in total. The Hall–Kier alpha value is -1.01. The molecule has 1 fully saturated rings. The summed E-state index contributed by atoms with van der Waals surface area (Å²) in [7, 11) is 0. The Morgan fingerprint density at radius 2 is 2.35 bits per heavy atom. The van der Waals surface area contributed by atoms with Crippen LogP contribution in [0.1, 0.15) is 43.5 Å². The first-order valence-corrected chi connectivity index (χ1v) is 6.82. The molecule has 1 N–H and O–H groups in total. The molecule has 6 heteroatoms. The van der Waals surface area contributed by atoms with Gasteiger partial charge in [-0.3, -0.25) is 4.79 Å². The molecule has 1 heterocycles. The topological polar surface area (TPSA) is 64.1 Å². The number of aromatic nitrogens is 2. The molecule has 1 aromatic heterocycles. The third-order valence-electron chi connectivity index (χ3n) is 2.51. The number of carbonyl (C=O) groups excluding carboxylic acids is 1. The number of rotatable bonds is 7. The van der Waals surface area contributed by atoms with Gasteiger partial charge in [-0.25, -0.2) is 0 Å². The van der Waals surface area contributed by atoms with E-state index in [-0.39, 0.29) is 5.91 Å². The van der Waals surface area contributed by atoms with Crippen LogP contribution in [0.5, 0.6) is 0 Å². The third-order valence-corrected chi connectivity index (χ3v) is 3.51. The lowest BCUT2D eigenvalue weighted by Crippen LogP contribution is -2.12. The number of anilines is 1. The lowest BCUT2D eigenvalue weighted by atomic mass is 10.3. The number of carbonyl (C=O) groups is 1. The summed E-state index contributed by atoms with van der Waals surface area (Å²) in [6.45, 7) is 3.27. The van der Waals surface area contributed by atoms with Crippen LogP contribution >= 0.6 is 11.3 Å². The van der Waals surface area contributed by atoms with Gasteiger partial charge in [0.1, 0.15) is 5.01 Å². The van der Waals surface area contributed by atoms with E-state index in [9.17, 15) is 4.79 Å². The average Bonchev–Trinajstić information content (AvgIpc) is 3.07. The van der Waals surface area contributed by atoms with E-state index in [1.807, 2.05) is 6.92 Å². The van der Waals surface area contributed by atoms with Crippen molar-refractivity contribution in [2.24, 2.45) is 0 Å². The molecule has 94 valence electrons. The maximum absolute atomic E-state index is 11.5. The van der Waals surface area contributed by atoms with Gasteiger partial charge < -0.3 is 10.1 Å². The molecule has 1 aromatic rings. The lowest BCUT2D eigenvalue weighted by molar-refractivity contribution is -0.116. The van der Waals surface area contributed by atoms with Gasteiger partial charge in [-0.2, -0.15) is 0 Å². The second kappa shape index (κ2) is 6.07. The molecule has 1 aliphatic rings. The molecule has 1 aliphatic carbocycles. The van der Waals surface area contributed by atoms with E-state index >= 15 is 0 Å². The zero-order chi connectivity index (χ0) is 12.1. The highest BCUT2D eigenvalue weighted by atomic mass is 32.1. The smallest absolute Gasteiger partial charge is 0.226 e. The van der Waals surface area contributed by atoms with Gasteiger partial charge in [0.15, 0.2) is 0 Å². The molecule has 2 rings (SSSR count). The van der Waals surface area contributed by atoms with Gasteiger partial charge in [0.05, 0.1) is 0 Å². The third kappa shape index (κ3) is 4.05. The number of nitrogens with one attached hydrogen (secondary N) is 1. The van der Waals surface area contributed by atoms with Gasteiger partial charge in [0, 0.05) is 25.6 Å². The van der Waals surface area contributed by atoms with Gasteiger partial charge in [0.2, 0.25) is 11.0 Å². The Balaban J connectivity index is 1.69. The molecule has 0 aromatic carbocycles. The fourth-order valence-electron chi connectivity index (χ4n) is 1.44. The van der Waals surface area contributed by atoms with E-state index in [1.165, 1.54) is 24.2 Å². The number of nitrogens with zero attached hydrogens (tertiary/aromatic N) is 2. The van der Waals surface area contributed by atoms with Crippen LogP contribution in [0.4, 0.5) is 5.13 Å². The highest BCUT2D eigenvalue weighted by molar-refractivity contribution is 7.15. The largest absolute Gasteiger partial charge is 0.382 e. The van der Waals surface area contributed by atoms with Crippen molar-refractivity contribution < 1.29 is 9.53 Å². The number of ether oxygens (including phenoxy) is 1. The Bertz CT molecular complexity index is 377. The van der Waals surface area contributed by atoms with Gasteiger partial charge in [-0.15, -0.1) is 10.2 Å². The van der Waals surface area contributed by atoms with Gasteiger partial charge >= 0.3 is 0 Å². The van der Waals surface area contributed by atoms with Gasteiger partial charge in [0.25, 0.3) is 0 Å². The summed E-state index contributed by atoms with van der Waals surface area (Å²) in [5.41, 5.74) is 0. The lowest BCUT2D eigenvalue weighted by Gasteiger charge is -2.01. The van der Waals surface area contributed by atoms with Crippen LogP contribution in [0.15, 0.2) is 0 Å². The second-order valence-electron chi connectivity index (χ2n) is 4.07. The first-order valence-electron chi connectivity index (χ1n) is 6.00. The Kier molecular flexibility index (Phi) is 4.44. The Labute approximate surface area is 105 Å². The number of amides is 1. The molecule has 0 bridgehead atoms. The number of hydrogen-bond donors (Lipinski definition) is 1. The highest BCUT2D eigenvalue weighted by Gasteiger charge is 2.27. The molecule has 1 saturated carbocycles. The Morgan fingerprint density at radius 1 is 1.53 bits per heavy atom. The van der Waals surface area contributed by atoms with E-state index in [4.69, 9.17) is 4.74 Å². The predicted octanol–water partition coefficient (Wildman–Crippen LogP) is 2.17. The van der Waals surface area contributed by atoms with Gasteiger partial charge in [-0.05, 0) is 26.2 Å². The molecule has 17 heavy (non-hydrogen) atoms. The van der Waals surface area contributed by atoms with Crippen LogP contribution in [0.25, 0.3) is 0 Å². The molecule has 0 atom stereocenters. The predicted molar refractivity (Wildman–Crippen MR) is 66.2 cm³/mol. The van der Waals surface area contributed by atoms with Crippen molar-refractivity contribution in [2.75, 3.05) is 18.5 Å². The second-order valence-corrected chi connectivity index (χ2v) is 5.08.